The summed E-state index contributed by atoms with van der Waals surface area (Å²) in [6.45, 7) is 3.86. The molecule has 2 N–H and O–H groups in total. The van der Waals surface area contributed by atoms with Crippen LogP contribution in [0.15, 0.2) is 24.3 Å². The first kappa shape index (κ1) is 15.8. The summed E-state index contributed by atoms with van der Waals surface area (Å²) in [4.78, 5) is 0. The molecule has 108 valence electrons. The van der Waals surface area contributed by atoms with E-state index >= 15 is 0 Å². The van der Waals surface area contributed by atoms with Crippen LogP contribution in [0.25, 0.3) is 0 Å². The Morgan fingerprint density at radius 3 is 2.32 bits per heavy atom. The number of halogens is 4. The molecule has 0 aliphatic carbocycles. The molecular formula is C13H17F4NO. The van der Waals surface area contributed by atoms with Crippen molar-refractivity contribution >= 4 is 0 Å². The SMILES string of the molecule is CC(C)C[C@H](N)c1ccccc1OC(F)(F)C(F)F. The highest BCUT2D eigenvalue weighted by molar-refractivity contribution is 5.36. The van der Waals surface area contributed by atoms with Crippen molar-refractivity contribution in [3.8, 4) is 5.75 Å². The van der Waals surface area contributed by atoms with Crippen molar-refractivity contribution in [2.75, 3.05) is 0 Å². The second-order valence-corrected chi connectivity index (χ2v) is 4.74. The monoisotopic (exact) mass is 279 g/mol. The summed E-state index contributed by atoms with van der Waals surface area (Å²) in [5.74, 6) is -0.0559. The van der Waals surface area contributed by atoms with E-state index in [4.69, 9.17) is 5.73 Å². The minimum absolute atomic E-state index is 0.249. The van der Waals surface area contributed by atoms with E-state index < -0.39 is 18.6 Å². The maximum absolute atomic E-state index is 12.9. The highest BCUT2D eigenvalue weighted by atomic mass is 19.3. The van der Waals surface area contributed by atoms with Crippen LogP contribution in [0.4, 0.5) is 17.6 Å². The van der Waals surface area contributed by atoms with Gasteiger partial charge in [-0.25, -0.2) is 0 Å². The van der Waals surface area contributed by atoms with Gasteiger partial charge in [-0.05, 0) is 18.4 Å². The van der Waals surface area contributed by atoms with Crippen LogP contribution in [0.3, 0.4) is 0 Å². The highest BCUT2D eigenvalue weighted by Gasteiger charge is 2.44. The molecule has 0 aromatic heterocycles. The van der Waals surface area contributed by atoms with Gasteiger partial charge in [0.05, 0.1) is 0 Å². The smallest absolute Gasteiger partial charge is 0.428 e. The van der Waals surface area contributed by atoms with Gasteiger partial charge in [0.25, 0.3) is 0 Å². The first-order valence-electron chi connectivity index (χ1n) is 5.93. The number of hydrogen-bond donors (Lipinski definition) is 1. The Morgan fingerprint density at radius 2 is 1.79 bits per heavy atom. The maximum Gasteiger partial charge on any atom is 0.461 e. The van der Waals surface area contributed by atoms with Crippen molar-refractivity contribution in [1.82, 2.24) is 0 Å². The Kier molecular flexibility index (Phi) is 5.17. The summed E-state index contributed by atoms with van der Waals surface area (Å²) in [5, 5.41) is 0. The van der Waals surface area contributed by atoms with E-state index in [1.165, 1.54) is 18.2 Å². The second-order valence-electron chi connectivity index (χ2n) is 4.74. The molecular weight excluding hydrogens is 262 g/mol. The fraction of sp³-hybridized carbons (Fsp3) is 0.538. The van der Waals surface area contributed by atoms with Gasteiger partial charge in [-0.15, -0.1) is 0 Å². The molecule has 1 rings (SSSR count). The Hall–Kier alpha value is -1.30. The van der Waals surface area contributed by atoms with Crippen molar-refractivity contribution in [3.63, 3.8) is 0 Å². The highest BCUT2D eigenvalue weighted by Crippen LogP contribution is 2.33. The number of ether oxygens (including phenoxy) is 1. The molecule has 19 heavy (non-hydrogen) atoms. The fourth-order valence-electron chi connectivity index (χ4n) is 1.71. The number of benzene rings is 1. The Labute approximate surface area is 109 Å². The summed E-state index contributed by atoms with van der Waals surface area (Å²) in [6, 6.07) is 5.21. The third kappa shape index (κ3) is 4.38. The molecule has 0 heterocycles. The van der Waals surface area contributed by atoms with Gasteiger partial charge in [-0.2, -0.15) is 17.6 Å². The summed E-state index contributed by atoms with van der Waals surface area (Å²) >= 11 is 0. The third-order valence-corrected chi connectivity index (χ3v) is 2.54. The average Bonchev–Trinajstić information content (AvgIpc) is 2.27. The van der Waals surface area contributed by atoms with Crippen molar-refractivity contribution in [2.24, 2.45) is 11.7 Å². The van der Waals surface area contributed by atoms with Crippen LogP contribution >= 0.6 is 0 Å². The predicted octanol–water partition coefficient (Wildman–Crippen LogP) is 3.97. The molecule has 6 heteroatoms. The van der Waals surface area contributed by atoms with Crippen LogP contribution in [0.2, 0.25) is 0 Å². The summed E-state index contributed by atoms with van der Waals surface area (Å²) < 4.78 is 54.3. The van der Waals surface area contributed by atoms with Gasteiger partial charge in [-0.3, -0.25) is 0 Å². The molecule has 0 saturated carbocycles. The Bertz CT molecular complexity index is 409. The number of hydrogen-bond acceptors (Lipinski definition) is 2. The van der Waals surface area contributed by atoms with Crippen LogP contribution in [-0.4, -0.2) is 12.5 Å². The fourth-order valence-corrected chi connectivity index (χ4v) is 1.71. The molecule has 1 aromatic carbocycles. The van der Waals surface area contributed by atoms with Gasteiger partial charge in [0.15, 0.2) is 0 Å². The Morgan fingerprint density at radius 1 is 1.21 bits per heavy atom. The first-order chi connectivity index (χ1) is 8.74. The number of rotatable bonds is 6. The van der Waals surface area contributed by atoms with Crippen LogP contribution in [0.1, 0.15) is 31.9 Å². The molecule has 0 saturated heterocycles. The lowest BCUT2D eigenvalue weighted by atomic mass is 9.97. The second kappa shape index (κ2) is 6.23. The molecule has 2 nitrogen and oxygen atoms in total. The largest absolute Gasteiger partial charge is 0.461 e. The molecule has 0 amide bonds. The molecule has 0 spiro atoms. The molecule has 0 aliphatic heterocycles. The summed E-state index contributed by atoms with van der Waals surface area (Å²) in [5.41, 5.74) is 6.18. The lowest BCUT2D eigenvalue weighted by Gasteiger charge is -2.22. The van der Waals surface area contributed by atoms with E-state index in [2.05, 4.69) is 4.74 Å². The van der Waals surface area contributed by atoms with E-state index in [0.29, 0.717) is 12.0 Å². The third-order valence-electron chi connectivity index (χ3n) is 2.54. The van der Waals surface area contributed by atoms with Crippen LogP contribution < -0.4 is 10.5 Å². The van der Waals surface area contributed by atoms with Gasteiger partial charge in [-0.1, -0.05) is 32.0 Å². The zero-order valence-corrected chi connectivity index (χ0v) is 10.7. The minimum atomic E-state index is -4.52. The van der Waals surface area contributed by atoms with Crippen molar-refractivity contribution < 1.29 is 22.3 Å². The average molecular weight is 279 g/mol. The maximum atomic E-state index is 12.9. The minimum Gasteiger partial charge on any atom is -0.428 e. The van der Waals surface area contributed by atoms with E-state index in [-0.39, 0.29) is 11.7 Å². The van der Waals surface area contributed by atoms with Crippen molar-refractivity contribution in [2.45, 2.75) is 38.8 Å². The van der Waals surface area contributed by atoms with E-state index in [0.717, 1.165) is 0 Å². The number of alkyl halides is 4. The normalized spacial score (nSPS) is 13.9. The van der Waals surface area contributed by atoms with Crippen molar-refractivity contribution in [3.05, 3.63) is 29.8 Å². The molecule has 0 bridgehead atoms. The summed E-state index contributed by atoms with van der Waals surface area (Å²) in [6.07, 6.45) is -7.87. The summed E-state index contributed by atoms with van der Waals surface area (Å²) in [7, 11) is 0. The topological polar surface area (TPSA) is 35.2 Å². The number of nitrogens with two attached hydrogens (primary N) is 1. The van der Waals surface area contributed by atoms with Crippen LogP contribution in [-0.2, 0) is 0 Å². The zero-order valence-electron chi connectivity index (χ0n) is 10.7. The lowest BCUT2D eigenvalue weighted by molar-refractivity contribution is -0.253. The van der Waals surface area contributed by atoms with Gasteiger partial charge >= 0.3 is 12.5 Å². The zero-order chi connectivity index (χ0) is 14.6. The van der Waals surface area contributed by atoms with Gasteiger partial charge in [0, 0.05) is 11.6 Å². The molecule has 0 fully saturated rings. The molecule has 0 unspecified atom stereocenters. The quantitative estimate of drug-likeness (QED) is 0.800. The molecule has 1 aromatic rings. The molecule has 0 radical (unpaired) electrons. The Balaban J connectivity index is 2.96. The lowest BCUT2D eigenvalue weighted by Crippen LogP contribution is -2.34. The van der Waals surface area contributed by atoms with E-state index in [1.54, 1.807) is 6.07 Å². The number of para-hydroxylation sites is 1. The standard InChI is InChI=1S/C13H17F4NO/c1-8(2)7-10(18)9-5-3-4-6-11(9)19-13(16,17)12(14)15/h3-6,8,10,12H,7,18H2,1-2H3/t10-/m0/s1. The van der Waals surface area contributed by atoms with Crippen LogP contribution in [0.5, 0.6) is 5.75 Å². The van der Waals surface area contributed by atoms with Crippen LogP contribution in [0, 0.1) is 5.92 Å². The van der Waals surface area contributed by atoms with Gasteiger partial charge in [0.2, 0.25) is 0 Å². The van der Waals surface area contributed by atoms with E-state index in [9.17, 15) is 17.6 Å². The molecule has 0 aliphatic rings. The van der Waals surface area contributed by atoms with Crippen molar-refractivity contribution in [1.29, 1.82) is 0 Å². The first-order valence-corrected chi connectivity index (χ1v) is 5.93. The van der Waals surface area contributed by atoms with Gasteiger partial charge < -0.3 is 10.5 Å². The van der Waals surface area contributed by atoms with Gasteiger partial charge in [0.1, 0.15) is 5.75 Å². The molecule has 1 atom stereocenters. The van der Waals surface area contributed by atoms with E-state index in [1.807, 2.05) is 13.8 Å². The predicted molar refractivity (Wildman–Crippen MR) is 64.4 cm³/mol.